The summed E-state index contributed by atoms with van der Waals surface area (Å²) in [5, 5.41) is 4.66. The minimum atomic E-state index is 0.249. The van der Waals surface area contributed by atoms with Gasteiger partial charge in [-0.1, -0.05) is 0 Å². The summed E-state index contributed by atoms with van der Waals surface area (Å²) < 4.78 is 12.8. The van der Waals surface area contributed by atoms with E-state index in [1.54, 1.807) is 7.05 Å². The van der Waals surface area contributed by atoms with Gasteiger partial charge in [-0.05, 0) is 31.2 Å². The van der Waals surface area contributed by atoms with Crippen LogP contribution in [0.5, 0.6) is 11.6 Å². The van der Waals surface area contributed by atoms with E-state index >= 15 is 0 Å². The van der Waals surface area contributed by atoms with Crippen molar-refractivity contribution in [3.05, 3.63) is 54.2 Å². The predicted molar refractivity (Wildman–Crippen MR) is 160 cm³/mol. The first-order valence-electron chi connectivity index (χ1n) is 14.6. The minimum absolute atomic E-state index is 0.249. The van der Waals surface area contributed by atoms with Crippen LogP contribution in [0.15, 0.2) is 48.1 Å². The van der Waals surface area contributed by atoms with Crippen LogP contribution in [0, 0.1) is 0 Å². The molecule has 4 aromatic rings. The number of hydrogen-bond donors (Lipinski definition) is 0. The van der Waals surface area contributed by atoms with Crippen LogP contribution in [-0.4, -0.2) is 113 Å². The molecule has 2 unspecified atom stereocenters. The van der Waals surface area contributed by atoms with Gasteiger partial charge in [0.1, 0.15) is 5.82 Å². The van der Waals surface area contributed by atoms with Gasteiger partial charge < -0.3 is 24.2 Å². The molecule has 0 radical (unpaired) electrons. The van der Waals surface area contributed by atoms with E-state index < -0.39 is 0 Å². The third kappa shape index (κ3) is 4.42. The lowest BCUT2D eigenvalue weighted by Gasteiger charge is -2.56. The van der Waals surface area contributed by atoms with E-state index in [2.05, 4.69) is 60.1 Å². The van der Waals surface area contributed by atoms with Crippen LogP contribution >= 0.6 is 0 Å². The van der Waals surface area contributed by atoms with Crippen molar-refractivity contribution in [1.29, 1.82) is 0 Å². The summed E-state index contributed by atoms with van der Waals surface area (Å²) in [5.74, 6) is 2.25. The summed E-state index contributed by atoms with van der Waals surface area (Å²) in [5.41, 5.74) is 6.12. The monoisotopic (exact) mass is 566 g/mol. The van der Waals surface area contributed by atoms with E-state index in [1.807, 2.05) is 35.5 Å². The maximum atomic E-state index is 5.52. The molecule has 12 heteroatoms. The Morgan fingerprint density at radius 1 is 0.952 bits per heavy atom. The first-order valence-corrected chi connectivity index (χ1v) is 14.6. The first kappa shape index (κ1) is 25.4. The lowest BCUT2D eigenvalue weighted by atomic mass is 9.87. The summed E-state index contributed by atoms with van der Waals surface area (Å²) >= 11 is 0. The summed E-state index contributed by atoms with van der Waals surface area (Å²) in [4.78, 5) is 28.3. The molecule has 2 bridgehead atoms. The predicted octanol–water partition coefficient (Wildman–Crippen LogP) is 2.18. The second-order valence-electron chi connectivity index (χ2n) is 11.6. The van der Waals surface area contributed by atoms with Crippen LogP contribution < -0.4 is 19.3 Å². The average molecular weight is 567 g/mol. The van der Waals surface area contributed by atoms with E-state index in [4.69, 9.17) is 19.4 Å². The Labute approximate surface area is 244 Å². The molecule has 9 heterocycles. The van der Waals surface area contributed by atoms with Crippen LogP contribution in [0.25, 0.3) is 16.8 Å². The molecule has 4 aromatic heterocycles. The second kappa shape index (κ2) is 10.2. The number of rotatable bonds is 6. The molecule has 5 aliphatic heterocycles. The first-order chi connectivity index (χ1) is 20.6. The zero-order chi connectivity index (χ0) is 28.2. The van der Waals surface area contributed by atoms with Crippen molar-refractivity contribution >= 4 is 23.2 Å². The highest BCUT2D eigenvalue weighted by Crippen LogP contribution is 2.37. The Balaban J connectivity index is 1.02. The normalized spacial score (nSPS) is 22.3. The smallest absolute Gasteiger partial charge is 0.260 e. The number of anilines is 2. The number of hydrogen-bond acceptors (Lipinski definition) is 11. The van der Waals surface area contributed by atoms with Crippen molar-refractivity contribution in [3.63, 3.8) is 0 Å². The van der Waals surface area contributed by atoms with Gasteiger partial charge >= 0.3 is 0 Å². The van der Waals surface area contributed by atoms with Gasteiger partial charge in [-0.3, -0.25) is 14.9 Å². The van der Waals surface area contributed by atoms with Crippen LogP contribution in [0.3, 0.4) is 0 Å². The molecule has 0 aromatic carbocycles. The highest BCUT2D eigenvalue weighted by molar-refractivity contribution is 5.96. The Morgan fingerprint density at radius 2 is 1.81 bits per heavy atom. The maximum absolute atomic E-state index is 5.52. The van der Waals surface area contributed by atoms with Gasteiger partial charge in [-0.2, -0.15) is 5.10 Å². The number of aliphatic imine (C=N–C) groups is 1. The fourth-order valence-electron chi connectivity index (χ4n) is 6.68. The van der Waals surface area contributed by atoms with Crippen LogP contribution in [0.2, 0.25) is 0 Å². The number of nitrogens with zero attached hydrogens (tertiary/aromatic N) is 10. The van der Waals surface area contributed by atoms with Crippen molar-refractivity contribution < 1.29 is 9.47 Å². The quantitative estimate of drug-likeness (QED) is 0.323. The zero-order valence-corrected chi connectivity index (χ0v) is 23.9. The van der Waals surface area contributed by atoms with Gasteiger partial charge in [0, 0.05) is 88.5 Å². The van der Waals surface area contributed by atoms with Gasteiger partial charge in [-0.25, -0.2) is 14.5 Å². The molecule has 0 N–H and O–H groups in total. The molecular formula is C30H34N10O2. The highest BCUT2D eigenvalue weighted by atomic mass is 16.7. The van der Waals surface area contributed by atoms with Crippen molar-refractivity contribution in [2.24, 2.45) is 4.99 Å². The number of piperazine rings is 2. The summed E-state index contributed by atoms with van der Waals surface area (Å²) in [6, 6.07) is 5.26. The lowest BCUT2D eigenvalue weighted by molar-refractivity contribution is -0.00880. The molecule has 216 valence electrons. The van der Waals surface area contributed by atoms with E-state index in [0.29, 0.717) is 18.0 Å². The van der Waals surface area contributed by atoms with E-state index in [0.717, 1.165) is 91.0 Å². The third-order valence-electron chi connectivity index (χ3n) is 9.00. The second-order valence-corrected chi connectivity index (χ2v) is 11.6. The SMILES string of the molecule is C/N=C\c1cnn2cc(N3CCN(C)CC3)cc(-c3cnc(N4CC5CC(C4)N5Cc4cnc5c(c4)OCO5)cn3)c12. The number of aromatic nitrogens is 5. The van der Waals surface area contributed by atoms with Crippen LogP contribution in [-0.2, 0) is 6.54 Å². The van der Waals surface area contributed by atoms with E-state index in [9.17, 15) is 0 Å². The topological polar surface area (TPSA) is 99.8 Å². The summed E-state index contributed by atoms with van der Waals surface area (Å²) in [6.45, 7) is 7.03. The molecule has 42 heavy (non-hydrogen) atoms. The Kier molecular flexibility index (Phi) is 6.18. The molecule has 12 nitrogen and oxygen atoms in total. The Hall–Kier alpha value is -4.29. The molecule has 4 fully saturated rings. The van der Waals surface area contributed by atoms with Gasteiger partial charge in [0.2, 0.25) is 6.79 Å². The van der Waals surface area contributed by atoms with Crippen LogP contribution in [0.1, 0.15) is 17.5 Å². The number of fused-ring (bicyclic) bond motifs is 4. The van der Waals surface area contributed by atoms with Crippen molar-refractivity contribution in [2.75, 3.05) is 70.0 Å². The zero-order valence-electron chi connectivity index (χ0n) is 23.9. The molecule has 9 rings (SSSR count). The number of ether oxygens (including phenoxy) is 2. The minimum Gasteiger partial charge on any atom is -0.452 e. The fourth-order valence-corrected chi connectivity index (χ4v) is 6.68. The molecule has 0 spiro atoms. The Bertz CT molecular complexity index is 1630. The molecular weight excluding hydrogens is 532 g/mol. The number of piperidine rings is 1. The summed E-state index contributed by atoms with van der Waals surface area (Å²) in [7, 11) is 3.96. The molecule has 0 saturated carbocycles. The highest BCUT2D eigenvalue weighted by Gasteiger charge is 2.45. The average Bonchev–Trinajstić information content (AvgIpc) is 3.67. The molecule has 0 aliphatic carbocycles. The van der Waals surface area contributed by atoms with Crippen LogP contribution in [0.4, 0.5) is 11.5 Å². The molecule has 5 aliphatic rings. The lowest BCUT2D eigenvalue weighted by Crippen LogP contribution is -2.68. The molecule has 0 amide bonds. The molecule has 4 saturated heterocycles. The van der Waals surface area contributed by atoms with E-state index in [-0.39, 0.29) is 6.79 Å². The molecule has 2 atom stereocenters. The van der Waals surface area contributed by atoms with Crippen molar-refractivity contribution in [3.8, 4) is 22.9 Å². The standard InChI is InChI=1S/C30H34N10O2/c1-31-11-21-12-35-40-18-22(37-5-3-36(2)4-6-37)9-25(29(21)40)26-13-33-28(14-32-26)38-16-23-8-24(17-38)39(23)15-20-7-27-30(34-10-20)42-19-41-27/h7,9-14,18,23-24H,3-6,8,15-17,19H2,1-2H3/b31-11-. The number of likely N-dealkylation sites (N-methyl/N-ethyl adjacent to an activating group) is 1. The Morgan fingerprint density at radius 3 is 2.60 bits per heavy atom. The van der Waals surface area contributed by atoms with Gasteiger partial charge in [0.25, 0.3) is 5.88 Å². The van der Waals surface area contributed by atoms with E-state index in [1.165, 1.54) is 6.42 Å². The largest absolute Gasteiger partial charge is 0.452 e. The van der Waals surface area contributed by atoms with Gasteiger partial charge in [0.05, 0.1) is 41.7 Å². The fraction of sp³-hybridized carbons (Fsp3) is 0.433. The maximum Gasteiger partial charge on any atom is 0.260 e. The third-order valence-corrected chi connectivity index (χ3v) is 9.00. The van der Waals surface area contributed by atoms with Crippen molar-refractivity contribution in [2.45, 2.75) is 25.0 Å². The number of pyridine rings is 2. The van der Waals surface area contributed by atoms with Gasteiger partial charge in [0.15, 0.2) is 5.75 Å². The van der Waals surface area contributed by atoms with Crippen molar-refractivity contribution in [1.82, 2.24) is 34.4 Å². The van der Waals surface area contributed by atoms with Gasteiger partial charge in [-0.15, -0.1) is 0 Å². The summed E-state index contributed by atoms with van der Waals surface area (Å²) in [6.07, 6.45) is 12.8.